The van der Waals surface area contributed by atoms with Gasteiger partial charge in [-0.15, -0.1) is 0 Å². The molecule has 0 radical (unpaired) electrons. The van der Waals surface area contributed by atoms with Gasteiger partial charge >= 0.3 is 5.97 Å². The standard InChI is InChI=1S/C25H32N2O2/c1-5-8-10-24-26-22-16-11-18(4)17-23(22)27(24)20-14-12-19(13-15-20)21(9-6-2)25(28)29-7-3/h11-17,21H,5-10H2,1-4H3. The number of hydrogen-bond donors (Lipinski definition) is 0. The Bertz CT molecular complexity index is 957. The van der Waals surface area contributed by atoms with Crippen molar-refractivity contribution in [1.29, 1.82) is 0 Å². The first-order valence-electron chi connectivity index (χ1n) is 10.8. The van der Waals surface area contributed by atoms with Gasteiger partial charge in [0.1, 0.15) is 5.82 Å². The lowest BCUT2D eigenvalue weighted by atomic mass is 9.94. The van der Waals surface area contributed by atoms with Gasteiger partial charge < -0.3 is 4.74 Å². The van der Waals surface area contributed by atoms with Crippen molar-refractivity contribution in [2.24, 2.45) is 0 Å². The third-order valence-corrected chi connectivity index (χ3v) is 5.34. The van der Waals surface area contributed by atoms with Crippen molar-refractivity contribution in [2.75, 3.05) is 6.61 Å². The lowest BCUT2D eigenvalue weighted by Gasteiger charge is -2.16. The van der Waals surface area contributed by atoms with Gasteiger partial charge in [0.2, 0.25) is 0 Å². The lowest BCUT2D eigenvalue weighted by molar-refractivity contribution is -0.145. The third kappa shape index (κ3) is 4.69. The quantitative estimate of drug-likeness (QED) is 0.412. The molecule has 1 unspecified atom stereocenters. The zero-order chi connectivity index (χ0) is 20.8. The van der Waals surface area contributed by atoms with Gasteiger partial charge in [0.05, 0.1) is 23.6 Å². The molecule has 0 N–H and O–H groups in total. The summed E-state index contributed by atoms with van der Waals surface area (Å²) in [5, 5.41) is 0. The number of esters is 1. The summed E-state index contributed by atoms with van der Waals surface area (Å²) in [6.45, 7) is 8.68. The van der Waals surface area contributed by atoms with E-state index in [2.05, 4.69) is 67.8 Å². The minimum atomic E-state index is -0.199. The van der Waals surface area contributed by atoms with E-state index in [1.165, 1.54) is 5.56 Å². The molecule has 3 aromatic rings. The molecule has 0 saturated carbocycles. The van der Waals surface area contributed by atoms with E-state index in [0.29, 0.717) is 6.61 Å². The summed E-state index contributed by atoms with van der Waals surface area (Å²) in [6.07, 6.45) is 4.94. The first-order valence-corrected chi connectivity index (χ1v) is 10.8. The highest BCUT2D eigenvalue weighted by Crippen LogP contribution is 2.27. The van der Waals surface area contributed by atoms with Crippen LogP contribution < -0.4 is 0 Å². The smallest absolute Gasteiger partial charge is 0.313 e. The van der Waals surface area contributed by atoms with Gasteiger partial charge in [0, 0.05) is 12.1 Å². The van der Waals surface area contributed by atoms with Crippen molar-refractivity contribution < 1.29 is 9.53 Å². The molecule has 29 heavy (non-hydrogen) atoms. The predicted octanol–water partition coefficient (Wildman–Crippen LogP) is 6.12. The highest BCUT2D eigenvalue weighted by molar-refractivity contribution is 5.80. The Hall–Kier alpha value is -2.62. The van der Waals surface area contributed by atoms with Crippen molar-refractivity contribution in [2.45, 2.75) is 65.7 Å². The molecule has 1 heterocycles. The number of fused-ring (bicyclic) bond motifs is 1. The average molecular weight is 393 g/mol. The average Bonchev–Trinajstić information content (AvgIpc) is 3.08. The second-order valence-electron chi connectivity index (χ2n) is 7.64. The molecule has 154 valence electrons. The number of nitrogens with zero attached hydrogens (tertiary/aromatic N) is 2. The van der Waals surface area contributed by atoms with E-state index < -0.39 is 0 Å². The van der Waals surface area contributed by atoms with Crippen LogP contribution in [0.4, 0.5) is 0 Å². The molecule has 0 bridgehead atoms. The summed E-state index contributed by atoms with van der Waals surface area (Å²) < 4.78 is 7.56. The van der Waals surface area contributed by atoms with Gasteiger partial charge in [-0.25, -0.2) is 4.98 Å². The molecule has 3 rings (SSSR count). The highest BCUT2D eigenvalue weighted by Gasteiger charge is 2.21. The van der Waals surface area contributed by atoms with Crippen LogP contribution in [0, 0.1) is 6.92 Å². The van der Waals surface area contributed by atoms with Gasteiger partial charge in [-0.2, -0.15) is 0 Å². The number of carbonyl (C=O) groups excluding carboxylic acids is 1. The predicted molar refractivity (Wildman–Crippen MR) is 119 cm³/mol. The molecular formula is C25H32N2O2. The molecule has 1 atom stereocenters. The summed E-state index contributed by atoms with van der Waals surface area (Å²) in [7, 11) is 0. The van der Waals surface area contributed by atoms with E-state index >= 15 is 0 Å². The number of hydrogen-bond acceptors (Lipinski definition) is 3. The minimum Gasteiger partial charge on any atom is -0.466 e. The van der Waals surface area contributed by atoms with Crippen LogP contribution >= 0.6 is 0 Å². The summed E-state index contributed by atoms with van der Waals surface area (Å²) in [4.78, 5) is 17.3. The van der Waals surface area contributed by atoms with Crippen LogP contribution in [0.1, 0.15) is 69.3 Å². The van der Waals surface area contributed by atoms with Crippen molar-refractivity contribution in [3.05, 3.63) is 59.4 Å². The van der Waals surface area contributed by atoms with Gasteiger partial charge in [-0.1, -0.05) is 44.9 Å². The van der Waals surface area contributed by atoms with Crippen LogP contribution in [-0.4, -0.2) is 22.1 Å². The number of aromatic nitrogens is 2. The van der Waals surface area contributed by atoms with Crippen LogP contribution in [0.3, 0.4) is 0 Å². The maximum Gasteiger partial charge on any atom is 0.313 e. The third-order valence-electron chi connectivity index (χ3n) is 5.34. The number of carbonyl (C=O) groups is 1. The summed E-state index contributed by atoms with van der Waals surface area (Å²) in [5.74, 6) is 0.764. The first-order chi connectivity index (χ1) is 14.1. The molecule has 4 nitrogen and oxygen atoms in total. The minimum absolute atomic E-state index is 0.130. The van der Waals surface area contributed by atoms with Gasteiger partial charge in [0.25, 0.3) is 0 Å². The zero-order valence-electron chi connectivity index (χ0n) is 18.1. The molecular weight excluding hydrogens is 360 g/mol. The van der Waals surface area contributed by atoms with Crippen LogP contribution in [0.5, 0.6) is 0 Å². The number of benzene rings is 2. The van der Waals surface area contributed by atoms with Crippen LogP contribution in [0.25, 0.3) is 16.7 Å². The second-order valence-corrected chi connectivity index (χ2v) is 7.64. The SMILES string of the molecule is CCCCc1nc2ccc(C)cc2n1-c1ccc(C(CCC)C(=O)OCC)cc1. The monoisotopic (exact) mass is 392 g/mol. The van der Waals surface area contributed by atoms with Crippen LogP contribution in [0.2, 0.25) is 0 Å². The van der Waals surface area contributed by atoms with Gasteiger partial charge in [-0.3, -0.25) is 9.36 Å². The van der Waals surface area contributed by atoms with E-state index in [-0.39, 0.29) is 11.9 Å². The molecule has 4 heteroatoms. The first kappa shape index (κ1) is 21.1. The largest absolute Gasteiger partial charge is 0.466 e. The fourth-order valence-electron chi connectivity index (χ4n) is 3.83. The summed E-state index contributed by atoms with van der Waals surface area (Å²) in [5.41, 5.74) is 5.50. The lowest BCUT2D eigenvalue weighted by Crippen LogP contribution is -2.16. The maximum atomic E-state index is 12.4. The van der Waals surface area contributed by atoms with E-state index in [1.807, 2.05) is 6.92 Å². The van der Waals surface area contributed by atoms with E-state index in [0.717, 1.165) is 60.2 Å². The Kier molecular flexibility index (Phi) is 7.08. The van der Waals surface area contributed by atoms with Crippen molar-refractivity contribution >= 4 is 17.0 Å². The van der Waals surface area contributed by atoms with E-state index in [4.69, 9.17) is 9.72 Å². The fraction of sp³-hybridized carbons (Fsp3) is 0.440. The number of imidazole rings is 1. The molecule has 0 aliphatic rings. The number of unbranched alkanes of at least 4 members (excludes halogenated alkanes) is 1. The normalized spacial score (nSPS) is 12.3. The summed E-state index contributed by atoms with van der Waals surface area (Å²) in [6, 6.07) is 14.8. The molecule has 2 aromatic carbocycles. The molecule has 0 aliphatic carbocycles. The Balaban J connectivity index is 2.01. The van der Waals surface area contributed by atoms with E-state index in [1.54, 1.807) is 0 Å². The molecule has 1 aromatic heterocycles. The Morgan fingerprint density at radius 2 is 1.83 bits per heavy atom. The maximum absolute atomic E-state index is 12.4. The van der Waals surface area contributed by atoms with Gasteiger partial charge in [-0.05, 0) is 62.1 Å². The molecule has 0 saturated heterocycles. The van der Waals surface area contributed by atoms with Crippen LogP contribution in [0.15, 0.2) is 42.5 Å². The zero-order valence-corrected chi connectivity index (χ0v) is 18.1. The van der Waals surface area contributed by atoms with Crippen molar-refractivity contribution in [3.8, 4) is 5.69 Å². The molecule has 0 fully saturated rings. The number of ether oxygens (including phenoxy) is 1. The summed E-state index contributed by atoms with van der Waals surface area (Å²) >= 11 is 0. The number of rotatable bonds is 9. The second kappa shape index (κ2) is 9.73. The van der Waals surface area contributed by atoms with Crippen molar-refractivity contribution in [3.63, 3.8) is 0 Å². The van der Waals surface area contributed by atoms with Gasteiger partial charge in [0.15, 0.2) is 0 Å². The molecule has 0 amide bonds. The topological polar surface area (TPSA) is 44.1 Å². The Morgan fingerprint density at radius 1 is 1.07 bits per heavy atom. The van der Waals surface area contributed by atoms with Crippen molar-refractivity contribution in [1.82, 2.24) is 9.55 Å². The fourth-order valence-corrected chi connectivity index (χ4v) is 3.83. The van der Waals surface area contributed by atoms with Crippen LogP contribution in [-0.2, 0) is 16.0 Å². The molecule has 0 spiro atoms. The number of aryl methyl sites for hydroxylation is 2. The van der Waals surface area contributed by atoms with E-state index in [9.17, 15) is 4.79 Å². The Labute approximate surface area is 173 Å². The Morgan fingerprint density at radius 3 is 2.48 bits per heavy atom. The molecule has 0 aliphatic heterocycles. The highest BCUT2D eigenvalue weighted by atomic mass is 16.5.